The Kier molecular flexibility index (Phi) is 3.19. The molecule has 0 aromatic heterocycles. The van der Waals surface area contributed by atoms with Gasteiger partial charge in [-0.25, -0.2) is 0 Å². The number of nitrogens with zero attached hydrogens (tertiary/aromatic N) is 1. The standard InChI is InChI=1S/C21H19NO4/c1-22-10-14-13(7-8-16(23-2)20(14)24-3)19-18-12(5-4-6-15(18)22)9-17-21(19)26-11-25-17/h4-9H,10-11H2,1-3H3. The van der Waals surface area contributed by atoms with Crippen LogP contribution >= 0.6 is 0 Å². The molecule has 0 saturated heterocycles. The number of anilines is 1. The molecule has 132 valence electrons. The van der Waals surface area contributed by atoms with Crippen molar-refractivity contribution in [3.63, 3.8) is 0 Å². The second kappa shape index (κ2) is 5.46. The first-order valence-corrected chi connectivity index (χ1v) is 8.53. The smallest absolute Gasteiger partial charge is 0.231 e. The highest BCUT2D eigenvalue weighted by molar-refractivity contribution is 6.10. The summed E-state index contributed by atoms with van der Waals surface area (Å²) < 4.78 is 22.8. The zero-order chi connectivity index (χ0) is 17.8. The van der Waals surface area contributed by atoms with Crippen molar-refractivity contribution in [3.8, 4) is 34.1 Å². The quantitative estimate of drug-likeness (QED) is 0.693. The minimum Gasteiger partial charge on any atom is -0.493 e. The fraction of sp³-hybridized carbons (Fsp3) is 0.238. The zero-order valence-electron chi connectivity index (χ0n) is 15.0. The molecule has 0 amide bonds. The molecule has 0 bridgehead atoms. The van der Waals surface area contributed by atoms with Gasteiger partial charge in [0.25, 0.3) is 0 Å². The molecule has 5 rings (SSSR count). The van der Waals surface area contributed by atoms with Crippen LogP contribution in [-0.4, -0.2) is 28.1 Å². The molecule has 0 radical (unpaired) electrons. The molecule has 0 unspecified atom stereocenters. The Labute approximate surface area is 151 Å². The minimum absolute atomic E-state index is 0.243. The summed E-state index contributed by atoms with van der Waals surface area (Å²) in [5.41, 5.74) is 4.39. The van der Waals surface area contributed by atoms with Gasteiger partial charge in [0.05, 0.1) is 14.2 Å². The van der Waals surface area contributed by atoms with Gasteiger partial charge in [-0.2, -0.15) is 0 Å². The molecular formula is C21H19NO4. The average molecular weight is 349 g/mol. The van der Waals surface area contributed by atoms with Crippen LogP contribution < -0.4 is 23.8 Å². The number of ether oxygens (including phenoxy) is 4. The second-order valence-electron chi connectivity index (χ2n) is 6.54. The third-order valence-corrected chi connectivity index (χ3v) is 5.20. The van der Waals surface area contributed by atoms with Gasteiger partial charge in [0.1, 0.15) is 0 Å². The Bertz CT molecular complexity index is 1040. The van der Waals surface area contributed by atoms with Crippen molar-refractivity contribution in [1.29, 1.82) is 0 Å². The van der Waals surface area contributed by atoms with Crippen LogP contribution in [0.5, 0.6) is 23.0 Å². The first kappa shape index (κ1) is 15.2. The van der Waals surface area contributed by atoms with Crippen molar-refractivity contribution >= 4 is 16.5 Å². The van der Waals surface area contributed by atoms with Gasteiger partial charge in [-0.05, 0) is 35.2 Å². The van der Waals surface area contributed by atoms with Gasteiger partial charge in [0.15, 0.2) is 23.0 Å². The Hall–Kier alpha value is -3.08. The molecular weight excluding hydrogens is 330 g/mol. The van der Waals surface area contributed by atoms with E-state index in [0.717, 1.165) is 50.8 Å². The third kappa shape index (κ3) is 1.91. The van der Waals surface area contributed by atoms with Crippen molar-refractivity contribution in [1.82, 2.24) is 0 Å². The summed E-state index contributed by atoms with van der Waals surface area (Å²) in [6, 6.07) is 12.4. The lowest BCUT2D eigenvalue weighted by molar-refractivity contribution is 0.174. The van der Waals surface area contributed by atoms with Crippen molar-refractivity contribution in [2.45, 2.75) is 6.54 Å². The summed E-state index contributed by atoms with van der Waals surface area (Å²) in [6.45, 7) is 0.950. The SMILES string of the molecule is COc1ccc2c(c1OC)CN(C)c1cccc3cc4c(c-2c13)OCO4. The minimum atomic E-state index is 0.243. The molecule has 3 aromatic rings. The molecule has 5 heteroatoms. The monoisotopic (exact) mass is 349 g/mol. The molecule has 26 heavy (non-hydrogen) atoms. The van der Waals surface area contributed by atoms with Crippen molar-refractivity contribution in [3.05, 3.63) is 42.0 Å². The predicted molar refractivity (Wildman–Crippen MR) is 101 cm³/mol. The molecule has 0 aliphatic carbocycles. The first-order chi connectivity index (χ1) is 12.7. The highest BCUT2D eigenvalue weighted by Gasteiger charge is 2.30. The van der Waals surface area contributed by atoms with Gasteiger partial charge >= 0.3 is 0 Å². The number of hydrogen-bond donors (Lipinski definition) is 0. The van der Waals surface area contributed by atoms with E-state index in [1.807, 2.05) is 6.07 Å². The normalized spacial score (nSPS) is 14.2. The van der Waals surface area contributed by atoms with Crippen LogP contribution in [0.25, 0.3) is 21.9 Å². The van der Waals surface area contributed by atoms with Crippen LogP contribution in [0.15, 0.2) is 36.4 Å². The second-order valence-corrected chi connectivity index (χ2v) is 6.54. The number of hydrogen-bond acceptors (Lipinski definition) is 5. The van der Waals surface area contributed by atoms with Crippen molar-refractivity contribution in [2.75, 3.05) is 33.0 Å². The summed E-state index contributed by atoms with van der Waals surface area (Å²) in [5, 5.41) is 2.31. The highest BCUT2D eigenvalue weighted by atomic mass is 16.7. The Morgan fingerprint density at radius 1 is 1.04 bits per heavy atom. The van der Waals surface area contributed by atoms with E-state index in [1.54, 1.807) is 14.2 Å². The fourth-order valence-corrected chi connectivity index (χ4v) is 4.08. The summed E-state index contributed by atoms with van der Waals surface area (Å²) in [6.07, 6.45) is 0. The van der Waals surface area contributed by atoms with Crippen molar-refractivity contribution in [2.24, 2.45) is 0 Å². The largest absolute Gasteiger partial charge is 0.493 e. The Morgan fingerprint density at radius 3 is 2.73 bits per heavy atom. The van der Waals surface area contributed by atoms with E-state index in [1.165, 1.54) is 5.39 Å². The number of rotatable bonds is 2. The predicted octanol–water partition coefficient (Wildman–Crippen LogP) is 4.20. The van der Waals surface area contributed by atoms with Gasteiger partial charge in [0.2, 0.25) is 6.79 Å². The summed E-state index contributed by atoms with van der Waals surface area (Å²) in [4.78, 5) is 2.24. The van der Waals surface area contributed by atoms with Crippen LogP contribution in [-0.2, 0) is 6.54 Å². The Balaban J connectivity index is 1.95. The van der Waals surface area contributed by atoms with Crippen LogP contribution in [0.1, 0.15) is 5.56 Å². The van der Waals surface area contributed by atoms with E-state index in [-0.39, 0.29) is 6.79 Å². The van der Waals surface area contributed by atoms with E-state index in [2.05, 4.69) is 42.3 Å². The van der Waals surface area contributed by atoms with Gasteiger partial charge in [-0.15, -0.1) is 0 Å². The van der Waals surface area contributed by atoms with Crippen LogP contribution in [0, 0.1) is 0 Å². The topological polar surface area (TPSA) is 40.2 Å². The van der Waals surface area contributed by atoms with Crippen LogP contribution in [0.4, 0.5) is 5.69 Å². The average Bonchev–Trinajstić information content (AvgIpc) is 3.08. The van der Waals surface area contributed by atoms with E-state index in [4.69, 9.17) is 18.9 Å². The van der Waals surface area contributed by atoms with Gasteiger partial charge < -0.3 is 23.8 Å². The van der Waals surface area contributed by atoms with Crippen LogP contribution in [0.2, 0.25) is 0 Å². The molecule has 2 aliphatic heterocycles. The maximum atomic E-state index is 5.88. The highest BCUT2D eigenvalue weighted by Crippen LogP contribution is 2.53. The molecule has 2 heterocycles. The zero-order valence-corrected chi connectivity index (χ0v) is 15.0. The third-order valence-electron chi connectivity index (χ3n) is 5.20. The van der Waals surface area contributed by atoms with Gasteiger partial charge in [0, 0.05) is 35.8 Å². The Morgan fingerprint density at radius 2 is 1.92 bits per heavy atom. The summed E-state index contributed by atoms with van der Waals surface area (Å²) in [7, 11) is 5.44. The number of methoxy groups -OCH3 is 2. The fourth-order valence-electron chi connectivity index (χ4n) is 4.08. The van der Waals surface area contributed by atoms with Crippen LogP contribution in [0.3, 0.4) is 0 Å². The maximum absolute atomic E-state index is 5.88. The van der Waals surface area contributed by atoms with E-state index in [0.29, 0.717) is 6.54 Å². The van der Waals surface area contributed by atoms with E-state index >= 15 is 0 Å². The lowest BCUT2D eigenvalue weighted by Gasteiger charge is -2.21. The molecule has 0 atom stereocenters. The first-order valence-electron chi connectivity index (χ1n) is 8.53. The molecule has 0 saturated carbocycles. The number of fused-ring (bicyclic) bond motifs is 4. The molecule has 5 nitrogen and oxygen atoms in total. The number of benzene rings is 3. The van der Waals surface area contributed by atoms with E-state index < -0.39 is 0 Å². The van der Waals surface area contributed by atoms with Gasteiger partial charge in [-0.3, -0.25) is 0 Å². The molecule has 0 spiro atoms. The van der Waals surface area contributed by atoms with E-state index in [9.17, 15) is 0 Å². The summed E-state index contributed by atoms with van der Waals surface area (Å²) >= 11 is 0. The summed E-state index contributed by atoms with van der Waals surface area (Å²) in [5.74, 6) is 3.07. The lowest BCUT2D eigenvalue weighted by Crippen LogP contribution is -2.16. The molecule has 0 fully saturated rings. The maximum Gasteiger partial charge on any atom is 0.231 e. The lowest BCUT2D eigenvalue weighted by atomic mass is 9.93. The molecule has 0 N–H and O–H groups in total. The molecule has 2 aliphatic rings. The van der Waals surface area contributed by atoms with Crippen molar-refractivity contribution < 1.29 is 18.9 Å². The van der Waals surface area contributed by atoms with Gasteiger partial charge in [-0.1, -0.05) is 12.1 Å². The molecule has 3 aromatic carbocycles.